The van der Waals surface area contributed by atoms with Gasteiger partial charge >= 0.3 is 0 Å². The third-order valence-corrected chi connectivity index (χ3v) is 5.36. The number of nitrogens with zero attached hydrogens (tertiary/aromatic N) is 3. The van der Waals surface area contributed by atoms with Crippen LogP contribution in [0.1, 0.15) is 35.7 Å². The molecule has 0 fully saturated rings. The van der Waals surface area contributed by atoms with Crippen molar-refractivity contribution >= 4 is 17.5 Å². The zero-order chi connectivity index (χ0) is 22.7. The molecule has 0 aliphatic carbocycles. The summed E-state index contributed by atoms with van der Waals surface area (Å²) in [6.07, 6.45) is 1.50. The SMILES string of the molecule is Cc1nn(-c2ccccc2)c(Oc2ccc(Cl)cc2)c1CN(C(=O)c1ccco1)C(C)C. The minimum Gasteiger partial charge on any atom is -0.459 e. The highest BCUT2D eigenvalue weighted by molar-refractivity contribution is 6.30. The molecule has 2 aromatic heterocycles. The molecule has 6 nitrogen and oxygen atoms in total. The number of halogens is 1. The van der Waals surface area contributed by atoms with Gasteiger partial charge in [-0.3, -0.25) is 4.79 Å². The van der Waals surface area contributed by atoms with Crippen molar-refractivity contribution in [3.8, 4) is 17.3 Å². The molecule has 0 saturated heterocycles. The van der Waals surface area contributed by atoms with Crippen molar-refractivity contribution in [3.05, 3.63) is 95.0 Å². The van der Waals surface area contributed by atoms with E-state index in [1.807, 2.05) is 51.1 Å². The monoisotopic (exact) mass is 449 g/mol. The molecule has 7 heteroatoms. The number of carbonyl (C=O) groups excluding carboxylic acids is 1. The Kier molecular flexibility index (Phi) is 6.32. The lowest BCUT2D eigenvalue weighted by molar-refractivity contribution is 0.0656. The Balaban J connectivity index is 1.77. The second-order valence-corrected chi connectivity index (χ2v) is 8.11. The molecule has 32 heavy (non-hydrogen) atoms. The molecule has 0 radical (unpaired) electrons. The normalized spacial score (nSPS) is 11.0. The van der Waals surface area contributed by atoms with E-state index in [2.05, 4.69) is 0 Å². The smallest absolute Gasteiger partial charge is 0.290 e. The summed E-state index contributed by atoms with van der Waals surface area (Å²) in [4.78, 5) is 14.8. The van der Waals surface area contributed by atoms with Crippen molar-refractivity contribution in [2.45, 2.75) is 33.4 Å². The van der Waals surface area contributed by atoms with Crippen molar-refractivity contribution in [2.75, 3.05) is 0 Å². The fraction of sp³-hybridized carbons (Fsp3) is 0.200. The fourth-order valence-corrected chi connectivity index (χ4v) is 3.51. The Labute approximate surface area is 192 Å². The first-order valence-electron chi connectivity index (χ1n) is 10.4. The van der Waals surface area contributed by atoms with Crippen LogP contribution in [0, 0.1) is 6.92 Å². The summed E-state index contributed by atoms with van der Waals surface area (Å²) in [6.45, 7) is 6.17. The molecule has 0 N–H and O–H groups in total. The molecule has 0 aliphatic rings. The lowest BCUT2D eigenvalue weighted by Gasteiger charge is -2.26. The van der Waals surface area contributed by atoms with E-state index in [4.69, 9.17) is 25.9 Å². The Bertz CT molecular complexity index is 1180. The molecule has 4 rings (SSSR count). The van der Waals surface area contributed by atoms with E-state index in [9.17, 15) is 4.79 Å². The number of rotatable bonds is 7. The summed E-state index contributed by atoms with van der Waals surface area (Å²) in [6, 6.07) is 20.2. The van der Waals surface area contributed by atoms with Gasteiger partial charge < -0.3 is 14.1 Å². The van der Waals surface area contributed by atoms with E-state index < -0.39 is 0 Å². The average Bonchev–Trinajstić information content (AvgIpc) is 3.43. The second-order valence-electron chi connectivity index (χ2n) is 7.68. The standard InChI is InChI=1S/C25H24ClN3O3/c1-17(2)28(24(30)23-10-7-15-31-23)16-22-18(3)27-29(20-8-5-4-6-9-20)25(22)32-21-13-11-19(26)12-14-21/h4-15,17H,16H2,1-3H3. The van der Waals surface area contributed by atoms with Gasteiger partial charge in [-0.15, -0.1) is 0 Å². The number of benzene rings is 2. The molecule has 2 aromatic carbocycles. The quantitative estimate of drug-likeness (QED) is 0.333. The highest BCUT2D eigenvalue weighted by Gasteiger charge is 2.27. The Morgan fingerprint density at radius 3 is 2.44 bits per heavy atom. The zero-order valence-corrected chi connectivity index (χ0v) is 18.9. The van der Waals surface area contributed by atoms with Gasteiger partial charge in [-0.25, -0.2) is 4.68 Å². The van der Waals surface area contributed by atoms with Crippen LogP contribution in [-0.2, 0) is 6.54 Å². The number of aromatic nitrogens is 2. The fourth-order valence-electron chi connectivity index (χ4n) is 3.38. The van der Waals surface area contributed by atoms with E-state index in [1.165, 1.54) is 6.26 Å². The zero-order valence-electron chi connectivity index (χ0n) is 18.2. The summed E-state index contributed by atoms with van der Waals surface area (Å²) in [7, 11) is 0. The van der Waals surface area contributed by atoms with Gasteiger partial charge in [0, 0.05) is 11.1 Å². The summed E-state index contributed by atoms with van der Waals surface area (Å²) >= 11 is 6.04. The molecule has 0 atom stereocenters. The lowest BCUT2D eigenvalue weighted by atomic mass is 10.2. The van der Waals surface area contributed by atoms with Crippen LogP contribution in [0.3, 0.4) is 0 Å². The maximum Gasteiger partial charge on any atom is 0.290 e. The lowest BCUT2D eigenvalue weighted by Crippen LogP contribution is -2.36. The summed E-state index contributed by atoms with van der Waals surface area (Å²) in [5, 5.41) is 5.36. The van der Waals surface area contributed by atoms with E-state index in [1.54, 1.807) is 46.0 Å². The topological polar surface area (TPSA) is 60.5 Å². The summed E-state index contributed by atoms with van der Waals surface area (Å²) < 4.78 is 13.4. The van der Waals surface area contributed by atoms with Crippen LogP contribution in [0.25, 0.3) is 5.69 Å². The minimum absolute atomic E-state index is 0.0598. The van der Waals surface area contributed by atoms with Crippen LogP contribution in [0.5, 0.6) is 11.6 Å². The largest absolute Gasteiger partial charge is 0.459 e. The highest BCUT2D eigenvalue weighted by atomic mass is 35.5. The minimum atomic E-state index is -0.186. The van der Waals surface area contributed by atoms with Crippen molar-refractivity contribution in [1.29, 1.82) is 0 Å². The number of hydrogen-bond acceptors (Lipinski definition) is 4. The summed E-state index contributed by atoms with van der Waals surface area (Å²) in [5.41, 5.74) is 2.45. The maximum atomic E-state index is 13.1. The first kappa shape index (κ1) is 21.7. The van der Waals surface area contributed by atoms with E-state index >= 15 is 0 Å². The van der Waals surface area contributed by atoms with Crippen LogP contribution >= 0.6 is 11.6 Å². The van der Waals surface area contributed by atoms with E-state index in [-0.39, 0.29) is 11.9 Å². The van der Waals surface area contributed by atoms with Crippen molar-refractivity contribution in [3.63, 3.8) is 0 Å². The first-order valence-corrected chi connectivity index (χ1v) is 10.7. The third-order valence-electron chi connectivity index (χ3n) is 5.11. The number of carbonyl (C=O) groups is 1. The van der Waals surface area contributed by atoms with Crippen molar-refractivity contribution in [1.82, 2.24) is 14.7 Å². The van der Waals surface area contributed by atoms with Gasteiger partial charge in [0.25, 0.3) is 5.91 Å². The highest BCUT2D eigenvalue weighted by Crippen LogP contribution is 2.32. The number of amides is 1. The number of ether oxygens (including phenoxy) is 1. The third kappa shape index (κ3) is 4.55. The number of aryl methyl sites for hydroxylation is 1. The van der Waals surface area contributed by atoms with Crippen molar-refractivity contribution < 1.29 is 13.9 Å². The van der Waals surface area contributed by atoms with Crippen LogP contribution in [0.4, 0.5) is 0 Å². The second kappa shape index (κ2) is 9.32. The predicted octanol–water partition coefficient (Wildman–Crippen LogP) is 6.27. The van der Waals surface area contributed by atoms with E-state index in [0.29, 0.717) is 29.0 Å². The molecular weight excluding hydrogens is 426 g/mol. The van der Waals surface area contributed by atoms with Gasteiger partial charge in [-0.1, -0.05) is 29.8 Å². The number of hydrogen-bond donors (Lipinski definition) is 0. The average molecular weight is 450 g/mol. The molecule has 2 heterocycles. The molecule has 0 saturated carbocycles. The Hall–Kier alpha value is -3.51. The number of para-hydroxylation sites is 1. The molecular formula is C25H24ClN3O3. The predicted molar refractivity (Wildman–Crippen MR) is 124 cm³/mol. The van der Waals surface area contributed by atoms with E-state index in [0.717, 1.165) is 16.9 Å². The molecule has 0 spiro atoms. The van der Waals surface area contributed by atoms with Gasteiger partial charge in [-0.05, 0) is 69.3 Å². The van der Waals surface area contributed by atoms with Gasteiger partial charge in [-0.2, -0.15) is 5.10 Å². The van der Waals surface area contributed by atoms with Gasteiger partial charge in [0.2, 0.25) is 5.88 Å². The Morgan fingerprint density at radius 2 is 1.81 bits per heavy atom. The van der Waals surface area contributed by atoms with Gasteiger partial charge in [0.1, 0.15) is 5.75 Å². The van der Waals surface area contributed by atoms with Crippen molar-refractivity contribution in [2.24, 2.45) is 0 Å². The maximum absolute atomic E-state index is 13.1. The molecule has 0 unspecified atom stereocenters. The van der Waals surface area contributed by atoms with Gasteiger partial charge in [0.15, 0.2) is 5.76 Å². The van der Waals surface area contributed by atoms with Crippen LogP contribution in [0.15, 0.2) is 77.4 Å². The Morgan fingerprint density at radius 1 is 1.09 bits per heavy atom. The number of furan rings is 1. The van der Waals surface area contributed by atoms with Gasteiger partial charge in [0.05, 0.1) is 29.8 Å². The molecule has 0 aliphatic heterocycles. The summed E-state index contributed by atoms with van der Waals surface area (Å²) in [5.74, 6) is 1.29. The van der Waals surface area contributed by atoms with Crippen LogP contribution < -0.4 is 4.74 Å². The molecule has 4 aromatic rings. The molecule has 0 bridgehead atoms. The van der Waals surface area contributed by atoms with Crippen LogP contribution in [-0.4, -0.2) is 26.6 Å². The molecule has 1 amide bonds. The van der Waals surface area contributed by atoms with Crippen LogP contribution in [0.2, 0.25) is 5.02 Å². The first-order chi connectivity index (χ1) is 15.4. The molecule has 164 valence electrons.